The smallest absolute Gasteiger partial charge is 0.167 e. The fourth-order valence-electron chi connectivity index (χ4n) is 2.67. The van der Waals surface area contributed by atoms with Crippen LogP contribution in [-0.4, -0.2) is 20.0 Å². The lowest BCUT2D eigenvalue weighted by atomic mass is 9.78. The highest BCUT2D eigenvalue weighted by atomic mass is 16.7. The molecule has 74 valence electrons. The van der Waals surface area contributed by atoms with Crippen LogP contribution in [0.15, 0.2) is 12.2 Å². The molecule has 0 aliphatic heterocycles. The normalized spacial score (nSPS) is 36.2. The predicted molar refractivity (Wildman–Crippen MR) is 51.3 cm³/mol. The zero-order valence-electron chi connectivity index (χ0n) is 8.45. The summed E-state index contributed by atoms with van der Waals surface area (Å²) >= 11 is 0. The van der Waals surface area contributed by atoms with Gasteiger partial charge in [-0.25, -0.2) is 0 Å². The first kappa shape index (κ1) is 9.22. The van der Waals surface area contributed by atoms with Crippen molar-refractivity contribution in [2.45, 2.75) is 31.5 Å². The average Bonchev–Trinajstić information content (AvgIpc) is 2.64. The highest BCUT2D eigenvalue weighted by molar-refractivity contribution is 5.05. The molecule has 13 heavy (non-hydrogen) atoms. The topological polar surface area (TPSA) is 18.5 Å². The lowest BCUT2D eigenvalue weighted by Gasteiger charge is -2.40. The Hall–Kier alpha value is -0.340. The minimum absolute atomic E-state index is 0.285. The van der Waals surface area contributed by atoms with Crippen molar-refractivity contribution >= 4 is 0 Å². The standard InChI is InChI=1S/C11H18O2/c1-12-11(13-2)7-6-9-4-3-5-10(9)8-11/h3-4,9-10H,5-8H2,1-2H3/t9-,10+/m0/s1. The number of fused-ring (bicyclic) bond motifs is 1. The van der Waals surface area contributed by atoms with Crippen LogP contribution in [0.1, 0.15) is 25.7 Å². The predicted octanol–water partition coefficient (Wildman–Crippen LogP) is 2.35. The zero-order valence-corrected chi connectivity index (χ0v) is 8.45. The van der Waals surface area contributed by atoms with Gasteiger partial charge in [0.05, 0.1) is 0 Å². The number of rotatable bonds is 2. The zero-order chi connectivity index (χ0) is 9.31. The molecule has 0 aromatic heterocycles. The first-order chi connectivity index (χ1) is 6.29. The van der Waals surface area contributed by atoms with Gasteiger partial charge in [0.2, 0.25) is 0 Å². The van der Waals surface area contributed by atoms with Crippen molar-refractivity contribution < 1.29 is 9.47 Å². The van der Waals surface area contributed by atoms with E-state index in [1.54, 1.807) is 14.2 Å². The Morgan fingerprint density at radius 1 is 1.31 bits per heavy atom. The van der Waals surface area contributed by atoms with Crippen molar-refractivity contribution in [1.29, 1.82) is 0 Å². The van der Waals surface area contributed by atoms with E-state index < -0.39 is 0 Å². The quantitative estimate of drug-likeness (QED) is 0.482. The minimum Gasteiger partial charge on any atom is -0.353 e. The molecule has 0 N–H and O–H groups in total. The van der Waals surface area contributed by atoms with Crippen molar-refractivity contribution in [3.05, 3.63) is 12.2 Å². The Balaban J connectivity index is 2.04. The van der Waals surface area contributed by atoms with E-state index in [2.05, 4.69) is 12.2 Å². The molecule has 0 heterocycles. The Kier molecular flexibility index (Phi) is 2.43. The Bertz CT molecular complexity index is 206. The van der Waals surface area contributed by atoms with E-state index in [4.69, 9.17) is 9.47 Å². The average molecular weight is 182 g/mol. The van der Waals surface area contributed by atoms with Gasteiger partial charge >= 0.3 is 0 Å². The molecule has 1 saturated carbocycles. The summed E-state index contributed by atoms with van der Waals surface area (Å²) in [6, 6.07) is 0. The summed E-state index contributed by atoms with van der Waals surface area (Å²) in [5, 5.41) is 0. The molecule has 0 spiro atoms. The number of hydrogen-bond acceptors (Lipinski definition) is 2. The fourth-order valence-corrected chi connectivity index (χ4v) is 2.67. The van der Waals surface area contributed by atoms with Gasteiger partial charge in [-0.05, 0) is 24.7 Å². The SMILES string of the molecule is COC1(OC)CC[C@@H]2C=CC[C@@H]2C1. The second-order valence-corrected chi connectivity index (χ2v) is 4.15. The van der Waals surface area contributed by atoms with E-state index in [0.717, 1.165) is 24.7 Å². The second kappa shape index (κ2) is 3.43. The molecule has 2 atom stereocenters. The Morgan fingerprint density at radius 3 is 2.77 bits per heavy atom. The molecule has 2 heteroatoms. The van der Waals surface area contributed by atoms with Crippen LogP contribution in [-0.2, 0) is 9.47 Å². The molecule has 2 aliphatic carbocycles. The summed E-state index contributed by atoms with van der Waals surface area (Å²) in [6.45, 7) is 0. The maximum Gasteiger partial charge on any atom is 0.167 e. The van der Waals surface area contributed by atoms with E-state index in [9.17, 15) is 0 Å². The van der Waals surface area contributed by atoms with Crippen molar-refractivity contribution in [1.82, 2.24) is 0 Å². The monoisotopic (exact) mass is 182 g/mol. The third kappa shape index (κ3) is 1.53. The summed E-state index contributed by atoms with van der Waals surface area (Å²) in [4.78, 5) is 0. The van der Waals surface area contributed by atoms with Gasteiger partial charge in [0.1, 0.15) is 0 Å². The van der Waals surface area contributed by atoms with Crippen LogP contribution in [0.5, 0.6) is 0 Å². The van der Waals surface area contributed by atoms with Gasteiger partial charge in [-0.15, -0.1) is 0 Å². The molecule has 0 bridgehead atoms. The van der Waals surface area contributed by atoms with E-state index in [0.29, 0.717) is 0 Å². The summed E-state index contributed by atoms with van der Waals surface area (Å²) in [5.74, 6) is 1.26. The van der Waals surface area contributed by atoms with Crippen molar-refractivity contribution in [2.24, 2.45) is 11.8 Å². The second-order valence-electron chi connectivity index (χ2n) is 4.15. The third-order valence-electron chi connectivity index (χ3n) is 3.60. The first-order valence-electron chi connectivity index (χ1n) is 5.06. The van der Waals surface area contributed by atoms with Crippen molar-refractivity contribution in [3.8, 4) is 0 Å². The van der Waals surface area contributed by atoms with Crippen LogP contribution in [0.4, 0.5) is 0 Å². The Labute approximate surface area is 79.9 Å². The van der Waals surface area contributed by atoms with Gasteiger partial charge in [0.15, 0.2) is 5.79 Å². The fraction of sp³-hybridized carbons (Fsp3) is 0.818. The van der Waals surface area contributed by atoms with Crippen LogP contribution in [0.25, 0.3) is 0 Å². The summed E-state index contributed by atoms with van der Waals surface area (Å²) in [6.07, 6.45) is 9.17. The summed E-state index contributed by atoms with van der Waals surface area (Å²) < 4.78 is 11.0. The van der Waals surface area contributed by atoms with Gasteiger partial charge < -0.3 is 9.47 Å². The van der Waals surface area contributed by atoms with Crippen LogP contribution >= 0.6 is 0 Å². The Morgan fingerprint density at radius 2 is 2.08 bits per heavy atom. The van der Waals surface area contributed by atoms with Crippen LogP contribution < -0.4 is 0 Å². The van der Waals surface area contributed by atoms with Gasteiger partial charge in [-0.3, -0.25) is 0 Å². The maximum absolute atomic E-state index is 5.49. The first-order valence-corrected chi connectivity index (χ1v) is 5.06. The molecule has 0 amide bonds. The number of methoxy groups -OCH3 is 2. The molecule has 0 radical (unpaired) electrons. The van der Waals surface area contributed by atoms with E-state index >= 15 is 0 Å². The molecule has 0 aromatic rings. The van der Waals surface area contributed by atoms with Gasteiger partial charge in [-0.2, -0.15) is 0 Å². The van der Waals surface area contributed by atoms with Crippen molar-refractivity contribution in [2.75, 3.05) is 14.2 Å². The van der Waals surface area contributed by atoms with E-state index in [-0.39, 0.29) is 5.79 Å². The molecule has 2 rings (SSSR count). The largest absolute Gasteiger partial charge is 0.353 e. The number of hydrogen-bond donors (Lipinski definition) is 0. The van der Waals surface area contributed by atoms with Crippen LogP contribution in [0.2, 0.25) is 0 Å². The maximum atomic E-state index is 5.49. The molecule has 0 aromatic carbocycles. The highest BCUT2D eigenvalue weighted by Crippen LogP contribution is 2.43. The number of ether oxygens (including phenoxy) is 2. The van der Waals surface area contributed by atoms with Crippen molar-refractivity contribution in [3.63, 3.8) is 0 Å². The lowest BCUT2D eigenvalue weighted by Crippen LogP contribution is -2.41. The number of allylic oxidation sites excluding steroid dienone is 2. The molecule has 2 nitrogen and oxygen atoms in total. The van der Waals surface area contributed by atoms with Gasteiger partial charge in [0, 0.05) is 27.1 Å². The summed E-state index contributed by atoms with van der Waals surface area (Å²) in [5.41, 5.74) is 0. The van der Waals surface area contributed by atoms with Gasteiger partial charge in [-0.1, -0.05) is 12.2 Å². The highest BCUT2D eigenvalue weighted by Gasteiger charge is 2.41. The summed E-state index contributed by atoms with van der Waals surface area (Å²) in [7, 11) is 3.51. The molecule has 0 saturated heterocycles. The van der Waals surface area contributed by atoms with Crippen LogP contribution in [0, 0.1) is 11.8 Å². The molecule has 2 aliphatic rings. The minimum atomic E-state index is -0.285. The molecular weight excluding hydrogens is 164 g/mol. The van der Waals surface area contributed by atoms with Crippen LogP contribution in [0.3, 0.4) is 0 Å². The molecule has 0 unspecified atom stereocenters. The molecule has 1 fully saturated rings. The van der Waals surface area contributed by atoms with E-state index in [1.807, 2.05) is 0 Å². The van der Waals surface area contributed by atoms with E-state index in [1.165, 1.54) is 12.8 Å². The third-order valence-corrected chi connectivity index (χ3v) is 3.60. The molecular formula is C11H18O2. The lowest BCUT2D eigenvalue weighted by molar-refractivity contribution is -0.234. The van der Waals surface area contributed by atoms with Gasteiger partial charge in [0.25, 0.3) is 0 Å².